The summed E-state index contributed by atoms with van der Waals surface area (Å²) in [5.41, 5.74) is 21.5. The van der Waals surface area contributed by atoms with Crippen LogP contribution in [0, 0.1) is 0 Å². The molecule has 0 aliphatic rings. The van der Waals surface area contributed by atoms with E-state index in [0.29, 0.717) is 32.5 Å². The van der Waals surface area contributed by atoms with E-state index in [1.165, 1.54) is 0 Å². The van der Waals surface area contributed by atoms with Crippen LogP contribution < -0.4 is 38.9 Å². The Morgan fingerprint density at radius 3 is 1.82 bits per heavy atom. The Hall–Kier alpha value is -2.15. The van der Waals surface area contributed by atoms with Crippen LogP contribution in [0.2, 0.25) is 0 Å². The molecule has 0 aromatic rings. The first-order chi connectivity index (χ1) is 15.9. The molecular formula is C21H45N7O5. The van der Waals surface area contributed by atoms with Gasteiger partial charge in [0, 0.05) is 0 Å². The first-order valence-corrected chi connectivity index (χ1v) is 11.9. The van der Waals surface area contributed by atoms with Crippen molar-refractivity contribution in [3.8, 4) is 0 Å². The minimum absolute atomic E-state index is 0.0187. The van der Waals surface area contributed by atoms with Crippen LogP contribution in [0.3, 0.4) is 0 Å². The number of amides is 3. The summed E-state index contributed by atoms with van der Waals surface area (Å²) >= 11 is 0. The molecule has 12 nitrogen and oxygen atoms in total. The first-order valence-electron chi connectivity index (χ1n) is 11.9. The predicted octanol–water partition coefficient (Wildman–Crippen LogP) is -0.362. The third-order valence-electron chi connectivity index (χ3n) is 4.89. The predicted molar refractivity (Wildman–Crippen MR) is 127 cm³/mol. The van der Waals surface area contributed by atoms with E-state index in [9.17, 15) is 14.4 Å². The van der Waals surface area contributed by atoms with Gasteiger partial charge < -0.3 is 48.4 Å². The SMILES string of the molecule is NCCCCCNCC(=O)N[C@@H](CCCCN)COC(=O)N[C@H](CCCCN)COC(N)=O. The molecular weight excluding hydrogens is 430 g/mol. The second-order valence-electron chi connectivity index (χ2n) is 7.93. The van der Waals surface area contributed by atoms with E-state index >= 15 is 0 Å². The van der Waals surface area contributed by atoms with Crippen molar-refractivity contribution in [3.05, 3.63) is 0 Å². The van der Waals surface area contributed by atoms with Crippen molar-refractivity contribution in [2.24, 2.45) is 22.9 Å². The molecule has 0 bridgehead atoms. The van der Waals surface area contributed by atoms with Crippen LogP contribution in [-0.2, 0) is 14.3 Å². The van der Waals surface area contributed by atoms with Gasteiger partial charge in [0.05, 0.1) is 18.6 Å². The van der Waals surface area contributed by atoms with E-state index in [1.54, 1.807) is 0 Å². The average molecular weight is 476 g/mol. The van der Waals surface area contributed by atoms with Gasteiger partial charge in [0.25, 0.3) is 0 Å². The standard InChI is InChI=1S/C21H45N7O5/c22-10-4-1-7-13-26-14-19(29)27-17(8-2-5-11-23)16-33-21(31)28-18(9-3-6-12-24)15-32-20(25)30/h17-18,26H,1-16,22-24H2,(H2,25,30)(H,27,29)(H,28,31)/t17-,18+/m0/s1. The fraction of sp³-hybridized carbons (Fsp3) is 0.857. The number of unbranched alkanes of at least 4 members (excludes halogenated alkanes) is 4. The van der Waals surface area contributed by atoms with Crippen molar-refractivity contribution in [2.75, 3.05) is 45.9 Å². The first kappa shape index (κ1) is 30.9. The van der Waals surface area contributed by atoms with Crippen molar-refractivity contribution >= 4 is 18.1 Å². The zero-order valence-corrected chi connectivity index (χ0v) is 19.8. The quantitative estimate of drug-likeness (QED) is 0.108. The molecule has 0 aromatic heterocycles. The van der Waals surface area contributed by atoms with Crippen LogP contribution in [0.4, 0.5) is 9.59 Å². The highest BCUT2D eigenvalue weighted by molar-refractivity contribution is 5.78. The van der Waals surface area contributed by atoms with E-state index in [2.05, 4.69) is 16.0 Å². The highest BCUT2D eigenvalue weighted by Crippen LogP contribution is 2.04. The maximum Gasteiger partial charge on any atom is 0.407 e. The lowest BCUT2D eigenvalue weighted by molar-refractivity contribution is -0.121. The van der Waals surface area contributed by atoms with Gasteiger partial charge >= 0.3 is 12.2 Å². The van der Waals surface area contributed by atoms with Crippen LogP contribution in [0.1, 0.15) is 57.8 Å². The molecule has 0 aliphatic heterocycles. The van der Waals surface area contributed by atoms with Gasteiger partial charge in [0.1, 0.15) is 13.2 Å². The molecule has 3 amide bonds. The Morgan fingerprint density at radius 2 is 1.24 bits per heavy atom. The molecule has 11 N–H and O–H groups in total. The molecule has 0 aliphatic carbocycles. The summed E-state index contributed by atoms with van der Waals surface area (Å²) in [7, 11) is 0. The topological polar surface area (TPSA) is 210 Å². The lowest BCUT2D eigenvalue weighted by Gasteiger charge is -2.21. The number of alkyl carbamates (subject to hydrolysis) is 1. The molecule has 0 saturated heterocycles. The third-order valence-corrected chi connectivity index (χ3v) is 4.89. The number of nitrogens with one attached hydrogen (secondary N) is 3. The summed E-state index contributed by atoms with van der Waals surface area (Å²) in [6.45, 7) is 2.65. The number of carbonyl (C=O) groups is 3. The average Bonchev–Trinajstić information content (AvgIpc) is 2.78. The van der Waals surface area contributed by atoms with E-state index in [-0.39, 0.29) is 31.7 Å². The Morgan fingerprint density at radius 1 is 0.697 bits per heavy atom. The second kappa shape index (κ2) is 21.7. The molecule has 2 atom stereocenters. The highest BCUT2D eigenvalue weighted by Gasteiger charge is 2.18. The summed E-state index contributed by atoms with van der Waals surface area (Å²) in [4.78, 5) is 35.4. The molecule has 0 saturated carbocycles. The Labute approximate surface area is 197 Å². The fourth-order valence-electron chi connectivity index (χ4n) is 3.08. The van der Waals surface area contributed by atoms with Crippen molar-refractivity contribution < 1.29 is 23.9 Å². The van der Waals surface area contributed by atoms with E-state index in [0.717, 1.165) is 51.5 Å². The Kier molecular flexibility index (Phi) is 20.3. The molecule has 0 unspecified atom stereocenters. The van der Waals surface area contributed by atoms with Gasteiger partial charge in [-0.2, -0.15) is 0 Å². The zero-order valence-electron chi connectivity index (χ0n) is 19.8. The Balaban J connectivity index is 4.51. The van der Waals surface area contributed by atoms with Gasteiger partial charge in [-0.15, -0.1) is 0 Å². The molecule has 33 heavy (non-hydrogen) atoms. The van der Waals surface area contributed by atoms with Crippen molar-refractivity contribution in [3.63, 3.8) is 0 Å². The number of nitrogens with two attached hydrogens (primary N) is 4. The molecule has 0 heterocycles. The minimum atomic E-state index is -0.912. The third kappa shape index (κ3) is 20.2. The van der Waals surface area contributed by atoms with Crippen LogP contribution in [-0.4, -0.2) is 76.1 Å². The summed E-state index contributed by atoms with van der Waals surface area (Å²) in [5, 5.41) is 8.68. The van der Waals surface area contributed by atoms with Gasteiger partial charge in [-0.1, -0.05) is 19.3 Å². The second-order valence-corrected chi connectivity index (χ2v) is 7.93. The lowest BCUT2D eigenvalue weighted by Crippen LogP contribution is -2.45. The van der Waals surface area contributed by atoms with Crippen LogP contribution in [0.15, 0.2) is 0 Å². The maximum absolute atomic E-state index is 12.3. The highest BCUT2D eigenvalue weighted by atomic mass is 16.6. The number of hydrogen-bond acceptors (Lipinski definition) is 9. The number of rotatable bonds is 21. The van der Waals surface area contributed by atoms with Crippen molar-refractivity contribution in [2.45, 2.75) is 69.9 Å². The van der Waals surface area contributed by atoms with E-state index < -0.39 is 18.2 Å². The number of ether oxygens (including phenoxy) is 2. The molecule has 0 aromatic carbocycles. The monoisotopic (exact) mass is 475 g/mol. The lowest BCUT2D eigenvalue weighted by atomic mass is 10.1. The molecule has 0 fully saturated rings. The van der Waals surface area contributed by atoms with Gasteiger partial charge in [0.15, 0.2) is 0 Å². The number of carbonyl (C=O) groups excluding carboxylic acids is 3. The molecule has 12 heteroatoms. The molecule has 0 radical (unpaired) electrons. The number of primary amides is 1. The molecule has 194 valence electrons. The molecule has 0 rings (SSSR count). The summed E-state index contributed by atoms with van der Waals surface area (Å²) in [6.07, 6.45) is 5.72. The van der Waals surface area contributed by atoms with Crippen LogP contribution >= 0.6 is 0 Å². The van der Waals surface area contributed by atoms with Crippen LogP contribution in [0.25, 0.3) is 0 Å². The van der Waals surface area contributed by atoms with Gasteiger partial charge in [-0.3, -0.25) is 4.79 Å². The Bertz CT molecular complexity index is 525. The number of hydrogen-bond donors (Lipinski definition) is 7. The van der Waals surface area contributed by atoms with Crippen molar-refractivity contribution in [1.29, 1.82) is 0 Å². The fourth-order valence-corrected chi connectivity index (χ4v) is 3.08. The summed E-state index contributed by atoms with van der Waals surface area (Å²) in [5.74, 6) is -0.162. The summed E-state index contributed by atoms with van der Waals surface area (Å²) in [6, 6.07) is -0.767. The largest absolute Gasteiger partial charge is 0.448 e. The normalized spacial score (nSPS) is 12.6. The maximum atomic E-state index is 12.3. The van der Waals surface area contributed by atoms with E-state index in [1.807, 2.05) is 0 Å². The zero-order chi connectivity index (χ0) is 24.7. The minimum Gasteiger partial charge on any atom is -0.448 e. The van der Waals surface area contributed by atoms with Gasteiger partial charge in [0.2, 0.25) is 5.91 Å². The molecule has 0 spiro atoms. The van der Waals surface area contributed by atoms with Crippen LogP contribution in [0.5, 0.6) is 0 Å². The van der Waals surface area contributed by atoms with Crippen molar-refractivity contribution in [1.82, 2.24) is 16.0 Å². The van der Waals surface area contributed by atoms with E-state index in [4.69, 9.17) is 32.4 Å². The smallest absolute Gasteiger partial charge is 0.407 e. The van der Waals surface area contributed by atoms with Gasteiger partial charge in [-0.05, 0) is 64.7 Å². The van der Waals surface area contributed by atoms with Gasteiger partial charge in [-0.25, -0.2) is 9.59 Å². The summed E-state index contributed by atoms with van der Waals surface area (Å²) < 4.78 is 10.1.